The number of nitrogen functional groups attached to an aromatic ring is 1. The number of methoxy groups -OCH3 is 2. The first-order valence-electron chi connectivity index (χ1n) is 6.14. The fourth-order valence-corrected chi connectivity index (χ4v) is 2.06. The average Bonchev–Trinajstić information content (AvgIpc) is 2.49. The molecule has 2 aromatic carbocycles. The molecular formula is C15H15ClN2O3. The molecule has 0 aliphatic heterocycles. The molecule has 0 saturated carbocycles. The van der Waals surface area contributed by atoms with Gasteiger partial charge in [0.25, 0.3) is 5.91 Å². The number of hydrogen-bond acceptors (Lipinski definition) is 4. The predicted octanol–water partition coefficient (Wildman–Crippen LogP) is 3.19. The number of carbonyl (C=O) groups is 1. The van der Waals surface area contributed by atoms with E-state index in [9.17, 15) is 4.79 Å². The Morgan fingerprint density at radius 1 is 1.19 bits per heavy atom. The van der Waals surface area contributed by atoms with Crippen LogP contribution in [0.15, 0.2) is 36.4 Å². The fourth-order valence-electron chi connectivity index (χ4n) is 1.89. The maximum absolute atomic E-state index is 12.4. The molecule has 0 heterocycles. The molecule has 0 saturated heterocycles. The third-order valence-electron chi connectivity index (χ3n) is 2.91. The van der Waals surface area contributed by atoms with Crippen molar-refractivity contribution in [2.75, 3.05) is 25.3 Å². The number of anilines is 2. The Kier molecular flexibility index (Phi) is 4.55. The molecule has 2 aromatic rings. The number of ether oxygens (including phenoxy) is 2. The van der Waals surface area contributed by atoms with Crippen molar-refractivity contribution in [2.24, 2.45) is 0 Å². The second-order valence-corrected chi connectivity index (χ2v) is 4.66. The van der Waals surface area contributed by atoms with E-state index in [1.165, 1.54) is 14.2 Å². The van der Waals surface area contributed by atoms with Crippen LogP contribution in [0.25, 0.3) is 0 Å². The second kappa shape index (κ2) is 6.37. The van der Waals surface area contributed by atoms with Gasteiger partial charge in [-0.15, -0.1) is 0 Å². The van der Waals surface area contributed by atoms with Crippen LogP contribution in [-0.2, 0) is 0 Å². The van der Waals surface area contributed by atoms with E-state index in [0.29, 0.717) is 33.5 Å². The van der Waals surface area contributed by atoms with E-state index in [0.717, 1.165) is 0 Å². The van der Waals surface area contributed by atoms with E-state index in [1.807, 2.05) is 0 Å². The summed E-state index contributed by atoms with van der Waals surface area (Å²) in [6, 6.07) is 9.92. The van der Waals surface area contributed by atoms with Crippen molar-refractivity contribution in [3.63, 3.8) is 0 Å². The van der Waals surface area contributed by atoms with Crippen LogP contribution in [-0.4, -0.2) is 20.1 Å². The molecule has 1 amide bonds. The molecule has 3 N–H and O–H groups in total. The van der Waals surface area contributed by atoms with E-state index in [4.69, 9.17) is 26.8 Å². The van der Waals surface area contributed by atoms with Gasteiger partial charge in [-0.25, -0.2) is 0 Å². The SMILES string of the molecule is COc1cccc(C(=O)Nc2cc(Cl)ccc2N)c1OC. The Morgan fingerprint density at radius 2 is 1.95 bits per heavy atom. The smallest absolute Gasteiger partial charge is 0.259 e. The Hall–Kier alpha value is -2.40. The summed E-state index contributed by atoms with van der Waals surface area (Å²) in [5.41, 5.74) is 7.02. The Morgan fingerprint density at radius 3 is 2.62 bits per heavy atom. The molecular weight excluding hydrogens is 292 g/mol. The van der Waals surface area contributed by atoms with Gasteiger partial charge in [0, 0.05) is 5.02 Å². The molecule has 6 heteroatoms. The number of rotatable bonds is 4. The second-order valence-electron chi connectivity index (χ2n) is 4.23. The summed E-state index contributed by atoms with van der Waals surface area (Å²) in [4.78, 5) is 12.4. The summed E-state index contributed by atoms with van der Waals surface area (Å²) in [7, 11) is 2.98. The van der Waals surface area contributed by atoms with Gasteiger partial charge < -0.3 is 20.5 Å². The zero-order chi connectivity index (χ0) is 15.4. The summed E-state index contributed by atoms with van der Waals surface area (Å²) >= 11 is 5.90. The minimum atomic E-state index is -0.361. The van der Waals surface area contributed by atoms with E-state index in [2.05, 4.69) is 5.32 Å². The van der Waals surface area contributed by atoms with Gasteiger partial charge in [0.1, 0.15) is 0 Å². The lowest BCUT2D eigenvalue weighted by Gasteiger charge is -2.13. The van der Waals surface area contributed by atoms with Crippen LogP contribution in [0.1, 0.15) is 10.4 Å². The molecule has 0 unspecified atom stereocenters. The molecule has 0 aromatic heterocycles. The maximum Gasteiger partial charge on any atom is 0.259 e. The Labute approximate surface area is 127 Å². The van der Waals surface area contributed by atoms with Crippen LogP contribution in [0.4, 0.5) is 11.4 Å². The Bertz CT molecular complexity index is 674. The van der Waals surface area contributed by atoms with E-state index < -0.39 is 0 Å². The van der Waals surface area contributed by atoms with Gasteiger partial charge in [0.2, 0.25) is 0 Å². The van der Waals surface area contributed by atoms with Crippen LogP contribution in [0.3, 0.4) is 0 Å². The zero-order valence-corrected chi connectivity index (χ0v) is 12.4. The van der Waals surface area contributed by atoms with Crippen molar-refractivity contribution >= 4 is 28.9 Å². The third kappa shape index (κ3) is 3.20. The molecule has 0 fully saturated rings. The number of nitrogens with two attached hydrogens (primary N) is 1. The Balaban J connectivity index is 2.35. The molecule has 110 valence electrons. The predicted molar refractivity (Wildman–Crippen MR) is 83.4 cm³/mol. The van der Waals surface area contributed by atoms with Gasteiger partial charge in [-0.3, -0.25) is 4.79 Å². The number of halogens is 1. The monoisotopic (exact) mass is 306 g/mol. The number of benzene rings is 2. The van der Waals surface area contributed by atoms with Gasteiger partial charge in [-0.1, -0.05) is 17.7 Å². The van der Waals surface area contributed by atoms with E-state index in [1.54, 1.807) is 36.4 Å². The topological polar surface area (TPSA) is 73.6 Å². The van der Waals surface area contributed by atoms with Crippen LogP contribution < -0.4 is 20.5 Å². The lowest BCUT2D eigenvalue weighted by Crippen LogP contribution is -2.14. The molecule has 0 atom stereocenters. The zero-order valence-electron chi connectivity index (χ0n) is 11.6. The molecule has 21 heavy (non-hydrogen) atoms. The van der Waals surface area contributed by atoms with Crippen LogP contribution >= 0.6 is 11.6 Å². The summed E-state index contributed by atoms with van der Waals surface area (Å²) in [5.74, 6) is 0.474. The first-order valence-corrected chi connectivity index (χ1v) is 6.52. The summed E-state index contributed by atoms with van der Waals surface area (Å²) in [6.45, 7) is 0. The molecule has 0 radical (unpaired) electrons. The van der Waals surface area contributed by atoms with Crippen molar-refractivity contribution < 1.29 is 14.3 Å². The highest BCUT2D eigenvalue weighted by molar-refractivity contribution is 6.31. The summed E-state index contributed by atoms with van der Waals surface area (Å²) < 4.78 is 10.4. The summed E-state index contributed by atoms with van der Waals surface area (Å²) in [5, 5.41) is 3.19. The van der Waals surface area contributed by atoms with Crippen molar-refractivity contribution in [1.29, 1.82) is 0 Å². The largest absolute Gasteiger partial charge is 0.493 e. The van der Waals surface area contributed by atoms with Crippen molar-refractivity contribution in [3.05, 3.63) is 47.0 Å². The minimum absolute atomic E-state index is 0.344. The molecule has 0 spiro atoms. The fraction of sp³-hybridized carbons (Fsp3) is 0.133. The summed E-state index contributed by atoms with van der Waals surface area (Å²) in [6.07, 6.45) is 0. The number of hydrogen-bond donors (Lipinski definition) is 2. The standard InChI is InChI=1S/C15H15ClN2O3/c1-20-13-5-3-4-10(14(13)21-2)15(19)18-12-8-9(16)6-7-11(12)17/h3-8H,17H2,1-2H3,(H,18,19). The molecule has 5 nitrogen and oxygen atoms in total. The molecule has 0 aliphatic carbocycles. The van der Waals surface area contributed by atoms with Gasteiger partial charge in [-0.05, 0) is 30.3 Å². The lowest BCUT2D eigenvalue weighted by atomic mass is 10.1. The number of amides is 1. The van der Waals surface area contributed by atoms with Crippen molar-refractivity contribution in [3.8, 4) is 11.5 Å². The highest BCUT2D eigenvalue weighted by Crippen LogP contribution is 2.32. The molecule has 0 bridgehead atoms. The van der Waals surface area contributed by atoms with E-state index in [-0.39, 0.29) is 5.91 Å². The number of nitrogens with one attached hydrogen (secondary N) is 1. The quantitative estimate of drug-likeness (QED) is 0.851. The normalized spacial score (nSPS) is 10.0. The number of carbonyl (C=O) groups excluding carboxylic acids is 1. The van der Waals surface area contributed by atoms with Gasteiger partial charge in [0.05, 0.1) is 31.2 Å². The van der Waals surface area contributed by atoms with Gasteiger partial charge in [-0.2, -0.15) is 0 Å². The van der Waals surface area contributed by atoms with Gasteiger partial charge in [0.15, 0.2) is 11.5 Å². The highest BCUT2D eigenvalue weighted by Gasteiger charge is 2.17. The average molecular weight is 307 g/mol. The first kappa shape index (κ1) is 15.0. The van der Waals surface area contributed by atoms with Crippen LogP contribution in [0.2, 0.25) is 5.02 Å². The highest BCUT2D eigenvalue weighted by atomic mass is 35.5. The first-order chi connectivity index (χ1) is 10.1. The number of para-hydroxylation sites is 1. The minimum Gasteiger partial charge on any atom is -0.493 e. The van der Waals surface area contributed by atoms with Crippen molar-refractivity contribution in [2.45, 2.75) is 0 Å². The van der Waals surface area contributed by atoms with Crippen molar-refractivity contribution in [1.82, 2.24) is 0 Å². The molecule has 2 rings (SSSR count). The van der Waals surface area contributed by atoms with Gasteiger partial charge >= 0.3 is 0 Å². The van der Waals surface area contributed by atoms with Crippen LogP contribution in [0.5, 0.6) is 11.5 Å². The maximum atomic E-state index is 12.4. The third-order valence-corrected chi connectivity index (χ3v) is 3.15. The van der Waals surface area contributed by atoms with Crippen LogP contribution in [0, 0.1) is 0 Å². The lowest BCUT2D eigenvalue weighted by molar-refractivity contribution is 0.102. The van der Waals surface area contributed by atoms with E-state index >= 15 is 0 Å². The molecule has 0 aliphatic rings.